The van der Waals surface area contributed by atoms with E-state index in [0.29, 0.717) is 16.8 Å². The zero-order valence-corrected chi connectivity index (χ0v) is 13.7. The first-order valence-electron chi connectivity index (χ1n) is 7.90. The molecule has 2 aromatic rings. The molecule has 1 aromatic carbocycles. The summed E-state index contributed by atoms with van der Waals surface area (Å²) in [6, 6.07) is 5.52. The minimum Gasteiger partial charge on any atom is -0.461 e. The van der Waals surface area contributed by atoms with E-state index >= 15 is 0 Å². The molecule has 0 saturated heterocycles. The number of H-pyrrole nitrogens is 2. The quantitative estimate of drug-likeness (QED) is 0.579. The number of esters is 1. The van der Waals surface area contributed by atoms with Crippen LogP contribution in [0.4, 0.5) is 4.39 Å². The molecule has 3 N–H and O–H groups in total. The van der Waals surface area contributed by atoms with Gasteiger partial charge in [0.15, 0.2) is 0 Å². The molecule has 132 valence electrons. The number of hydrogen-bond donors (Lipinski definition) is 3. The Bertz CT molecular complexity index is 851. The molecule has 0 spiro atoms. The normalized spacial score (nSPS) is 25.2. The maximum Gasteiger partial charge on any atom is 0.313 e. The van der Waals surface area contributed by atoms with Crippen LogP contribution in [0, 0.1) is 11.7 Å². The molecular weight excluding hydrogens is 327 g/mol. The van der Waals surface area contributed by atoms with Crippen molar-refractivity contribution in [3.8, 4) is 0 Å². The summed E-state index contributed by atoms with van der Waals surface area (Å²) >= 11 is 0. The Morgan fingerprint density at radius 3 is 2.76 bits per heavy atom. The Morgan fingerprint density at radius 1 is 1.44 bits per heavy atom. The summed E-state index contributed by atoms with van der Waals surface area (Å²) in [7, 11) is 0. The maximum absolute atomic E-state index is 13.3. The van der Waals surface area contributed by atoms with Gasteiger partial charge in [0.05, 0.1) is 11.5 Å². The first-order valence-corrected chi connectivity index (χ1v) is 7.90. The van der Waals surface area contributed by atoms with Crippen molar-refractivity contribution in [3.63, 3.8) is 0 Å². The van der Waals surface area contributed by atoms with Crippen LogP contribution >= 0.6 is 0 Å². The van der Waals surface area contributed by atoms with Gasteiger partial charge in [0.1, 0.15) is 12.4 Å². The highest BCUT2D eigenvalue weighted by Crippen LogP contribution is 2.44. The molecule has 3 rings (SSSR count). The molecule has 1 aliphatic carbocycles. The number of halogens is 1. The standard InChI is InChI=1S/C18H19FN2O4/c1-3-8-25-17(23)15-13(10-4-6-11(19)7-5-10)14-12(9-18(15,2)24)20-21-16(14)22/h3-7,13,15,24H,1,8-9H2,2H3,(H2,20,21,22)/t13-,15+,18-/m1/s1. The van der Waals surface area contributed by atoms with Crippen LogP contribution in [0.25, 0.3) is 0 Å². The highest BCUT2D eigenvalue weighted by Gasteiger charge is 2.51. The molecule has 0 fully saturated rings. The largest absolute Gasteiger partial charge is 0.461 e. The van der Waals surface area contributed by atoms with Gasteiger partial charge in [0, 0.05) is 23.6 Å². The number of aliphatic hydroxyl groups is 1. The van der Waals surface area contributed by atoms with Crippen molar-refractivity contribution in [1.29, 1.82) is 0 Å². The second-order valence-electron chi connectivity index (χ2n) is 6.43. The molecule has 3 atom stereocenters. The number of nitrogens with one attached hydrogen (secondary N) is 2. The molecule has 0 bridgehead atoms. The van der Waals surface area contributed by atoms with Crippen molar-refractivity contribution in [2.75, 3.05) is 6.61 Å². The number of hydrogen-bond acceptors (Lipinski definition) is 4. The topological polar surface area (TPSA) is 95.2 Å². The third-order valence-electron chi connectivity index (χ3n) is 4.57. The molecular formula is C18H19FN2O4. The number of rotatable bonds is 4. The average Bonchev–Trinajstić information content (AvgIpc) is 2.91. The van der Waals surface area contributed by atoms with E-state index < -0.39 is 29.2 Å². The van der Waals surface area contributed by atoms with E-state index in [1.54, 1.807) is 0 Å². The van der Waals surface area contributed by atoms with Crippen LogP contribution in [0.1, 0.15) is 29.7 Å². The number of benzene rings is 1. The monoisotopic (exact) mass is 346 g/mol. The van der Waals surface area contributed by atoms with Crippen molar-refractivity contribution in [1.82, 2.24) is 10.2 Å². The minimum absolute atomic E-state index is 0.00208. The van der Waals surface area contributed by atoms with E-state index in [9.17, 15) is 19.1 Å². The lowest BCUT2D eigenvalue weighted by molar-refractivity contribution is -0.158. The molecule has 1 aliphatic rings. The zero-order chi connectivity index (χ0) is 18.2. The van der Waals surface area contributed by atoms with Crippen LogP contribution in [0.15, 0.2) is 41.7 Å². The Morgan fingerprint density at radius 2 is 2.12 bits per heavy atom. The molecule has 0 radical (unpaired) electrons. The van der Waals surface area contributed by atoms with Gasteiger partial charge in [-0.15, -0.1) is 0 Å². The van der Waals surface area contributed by atoms with Crippen molar-refractivity contribution in [3.05, 3.63) is 69.9 Å². The highest BCUT2D eigenvalue weighted by atomic mass is 19.1. The number of aromatic nitrogens is 2. The lowest BCUT2D eigenvalue weighted by atomic mass is 9.66. The summed E-state index contributed by atoms with van der Waals surface area (Å²) in [6.07, 6.45) is 1.52. The fourth-order valence-corrected chi connectivity index (χ4v) is 3.52. The number of aromatic amines is 2. The zero-order valence-electron chi connectivity index (χ0n) is 13.7. The second-order valence-corrected chi connectivity index (χ2v) is 6.43. The van der Waals surface area contributed by atoms with Gasteiger partial charge >= 0.3 is 5.97 Å². The van der Waals surface area contributed by atoms with Crippen LogP contribution in [0.3, 0.4) is 0 Å². The van der Waals surface area contributed by atoms with Gasteiger partial charge in [-0.25, -0.2) is 4.39 Å². The minimum atomic E-state index is -1.45. The van der Waals surface area contributed by atoms with Gasteiger partial charge < -0.3 is 14.9 Å². The summed E-state index contributed by atoms with van der Waals surface area (Å²) in [5.41, 5.74) is -0.388. The third kappa shape index (κ3) is 3.02. The van der Waals surface area contributed by atoms with Gasteiger partial charge in [-0.3, -0.25) is 14.7 Å². The van der Waals surface area contributed by atoms with Crippen molar-refractivity contribution < 1.29 is 19.0 Å². The Hall–Kier alpha value is -2.67. The van der Waals surface area contributed by atoms with Crippen LogP contribution in [0.2, 0.25) is 0 Å². The first kappa shape index (κ1) is 17.2. The fraction of sp³-hybridized carbons (Fsp3) is 0.333. The van der Waals surface area contributed by atoms with Gasteiger partial charge in [-0.1, -0.05) is 24.8 Å². The predicted molar refractivity (Wildman–Crippen MR) is 88.6 cm³/mol. The average molecular weight is 346 g/mol. The van der Waals surface area contributed by atoms with E-state index in [2.05, 4.69) is 16.8 Å². The summed E-state index contributed by atoms with van der Waals surface area (Å²) in [5, 5.41) is 16.2. The molecule has 0 saturated carbocycles. The number of carbonyl (C=O) groups excluding carboxylic acids is 1. The molecule has 7 heteroatoms. The van der Waals surface area contributed by atoms with Crippen LogP contribution < -0.4 is 5.56 Å². The summed E-state index contributed by atoms with van der Waals surface area (Å²) in [6.45, 7) is 5.02. The Kier molecular flexibility index (Phi) is 4.34. The van der Waals surface area contributed by atoms with E-state index in [0.717, 1.165) is 0 Å². The maximum atomic E-state index is 13.3. The van der Waals surface area contributed by atoms with Gasteiger partial charge in [0.25, 0.3) is 5.56 Å². The van der Waals surface area contributed by atoms with E-state index in [-0.39, 0.29) is 18.6 Å². The Labute approximate surface area is 143 Å². The van der Waals surface area contributed by atoms with Crippen LogP contribution in [0.5, 0.6) is 0 Å². The molecule has 25 heavy (non-hydrogen) atoms. The van der Waals surface area contributed by atoms with Crippen molar-refractivity contribution in [2.45, 2.75) is 24.9 Å². The van der Waals surface area contributed by atoms with E-state index in [1.165, 1.54) is 37.3 Å². The van der Waals surface area contributed by atoms with Gasteiger partial charge in [-0.05, 0) is 24.6 Å². The lowest BCUT2D eigenvalue weighted by Gasteiger charge is -2.40. The fourth-order valence-electron chi connectivity index (χ4n) is 3.52. The summed E-state index contributed by atoms with van der Waals surface area (Å²) < 4.78 is 18.5. The highest BCUT2D eigenvalue weighted by molar-refractivity contribution is 5.77. The molecule has 1 aromatic heterocycles. The second kappa shape index (κ2) is 6.33. The molecule has 1 heterocycles. The van der Waals surface area contributed by atoms with Gasteiger partial charge in [0.2, 0.25) is 0 Å². The first-order chi connectivity index (χ1) is 11.8. The van der Waals surface area contributed by atoms with Crippen LogP contribution in [-0.2, 0) is 16.0 Å². The summed E-state index contributed by atoms with van der Waals surface area (Å²) in [5.74, 6) is -2.83. The number of carbonyl (C=O) groups is 1. The van der Waals surface area contributed by atoms with E-state index in [4.69, 9.17) is 4.74 Å². The van der Waals surface area contributed by atoms with E-state index in [1.807, 2.05) is 0 Å². The molecule has 0 unspecified atom stereocenters. The lowest BCUT2D eigenvalue weighted by Crippen LogP contribution is -2.50. The molecule has 6 nitrogen and oxygen atoms in total. The molecule has 0 amide bonds. The van der Waals surface area contributed by atoms with Crippen molar-refractivity contribution >= 4 is 5.97 Å². The smallest absolute Gasteiger partial charge is 0.313 e. The predicted octanol–water partition coefficient (Wildman–Crippen LogP) is 1.63. The SMILES string of the molecule is C=CCOC(=O)[C@@H]1[C@H](c2ccc(F)cc2)c2c([nH][nH]c2=O)C[C@@]1(C)O. The van der Waals surface area contributed by atoms with Crippen LogP contribution in [-0.4, -0.2) is 33.5 Å². The third-order valence-corrected chi connectivity index (χ3v) is 4.57. The number of ether oxygens (including phenoxy) is 1. The molecule has 0 aliphatic heterocycles. The Balaban J connectivity index is 2.16. The summed E-state index contributed by atoms with van der Waals surface area (Å²) in [4.78, 5) is 24.9. The number of fused-ring (bicyclic) bond motifs is 1. The van der Waals surface area contributed by atoms with Crippen molar-refractivity contribution in [2.24, 2.45) is 5.92 Å². The van der Waals surface area contributed by atoms with Gasteiger partial charge in [-0.2, -0.15) is 0 Å².